The minimum Gasteiger partial charge on any atom is -0.411 e. The highest BCUT2D eigenvalue weighted by atomic mass is 32.2. The minimum atomic E-state index is -0.261. The Morgan fingerprint density at radius 1 is 0.923 bits per heavy atom. The lowest BCUT2D eigenvalue weighted by molar-refractivity contribution is 0.106. The van der Waals surface area contributed by atoms with Gasteiger partial charge in [-0.3, -0.25) is 4.79 Å². The standard InChI is InChI=1S/C21H15NO2S2/c1-13(22-24)21(23)14-7-9-19-17(11-14)18-12-16(8-10-20(18)26-19)25-15-5-3-2-4-6-15/h2-12,24H,1H3. The van der Waals surface area contributed by atoms with Crippen LogP contribution < -0.4 is 0 Å². The summed E-state index contributed by atoms with van der Waals surface area (Å²) in [6.45, 7) is 1.51. The van der Waals surface area contributed by atoms with Gasteiger partial charge in [-0.15, -0.1) is 11.3 Å². The molecule has 5 heteroatoms. The van der Waals surface area contributed by atoms with E-state index in [1.165, 1.54) is 16.5 Å². The normalized spacial score (nSPS) is 12.0. The molecule has 1 aromatic heterocycles. The second-order valence-electron chi connectivity index (χ2n) is 5.90. The maximum atomic E-state index is 12.3. The van der Waals surface area contributed by atoms with Gasteiger partial charge in [-0.1, -0.05) is 35.1 Å². The SMILES string of the molecule is CC(=NO)C(=O)c1ccc2sc3ccc(Sc4ccccc4)cc3c2c1. The third kappa shape index (κ3) is 3.11. The molecule has 0 aliphatic heterocycles. The summed E-state index contributed by atoms with van der Waals surface area (Å²) in [4.78, 5) is 14.6. The molecule has 0 aliphatic carbocycles. The molecule has 1 heterocycles. The van der Waals surface area contributed by atoms with E-state index in [0.29, 0.717) is 5.56 Å². The molecule has 4 rings (SSSR count). The summed E-state index contributed by atoms with van der Waals surface area (Å²) >= 11 is 3.43. The van der Waals surface area contributed by atoms with Gasteiger partial charge in [-0.05, 0) is 55.5 Å². The Morgan fingerprint density at radius 2 is 1.62 bits per heavy atom. The van der Waals surface area contributed by atoms with Crippen molar-refractivity contribution in [1.82, 2.24) is 0 Å². The van der Waals surface area contributed by atoms with Crippen molar-refractivity contribution in [2.75, 3.05) is 0 Å². The van der Waals surface area contributed by atoms with Gasteiger partial charge in [0.1, 0.15) is 5.71 Å². The number of oxime groups is 1. The largest absolute Gasteiger partial charge is 0.411 e. The second-order valence-corrected chi connectivity index (χ2v) is 8.13. The Morgan fingerprint density at radius 3 is 2.35 bits per heavy atom. The van der Waals surface area contributed by atoms with Crippen LogP contribution in [-0.4, -0.2) is 16.7 Å². The highest BCUT2D eigenvalue weighted by Crippen LogP contribution is 2.38. The van der Waals surface area contributed by atoms with Gasteiger partial charge in [0.2, 0.25) is 5.78 Å². The van der Waals surface area contributed by atoms with E-state index in [2.05, 4.69) is 35.5 Å². The summed E-state index contributed by atoms with van der Waals surface area (Å²) in [5, 5.41) is 14.1. The smallest absolute Gasteiger partial charge is 0.210 e. The Balaban J connectivity index is 1.80. The number of fused-ring (bicyclic) bond motifs is 3. The third-order valence-electron chi connectivity index (χ3n) is 4.16. The Bertz CT molecular complexity index is 1150. The molecule has 0 aliphatic rings. The Labute approximate surface area is 159 Å². The van der Waals surface area contributed by atoms with Gasteiger partial charge < -0.3 is 5.21 Å². The van der Waals surface area contributed by atoms with Crippen LogP contribution in [-0.2, 0) is 0 Å². The van der Waals surface area contributed by atoms with Gasteiger partial charge in [0.25, 0.3) is 0 Å². The first-order valence-electron chi connectivity index (χ1n) is 8.08. The molecule has 0 radical (unpaired) electrons. The van der Waals surface area contributed by atoms with Crippen LogP contribution in [0.3, 0.4) is 0 Å². The van der Waals surface area contributed by atoms with Crippen LogP contribution >= 0.6 is 23.1 Å². The number of thiophene rings is 1. The van der Waals surface area contributed by atoms with E-state index in [1.54, 1.807) is 29.2 Å². The first kappa shape index (κ1) is 16.8. The number of hydrogen-bond acceptors (Lipinski definition) is 5. The Kier molecular flexibility index (Phi) is 4.49. The molecule has 1 N–H and O–H groups in total. The number of hydrogen-bond donors (Lipinski definition) is 1. The summed E-state index contributed by atoms with van der Waals surface area (Å²) in [6, 6.07) is 22.3. The van der Waals surface area contributed by atoms with Gasteiger partial charge in [0.05, 0.1) is 0 Å². The fourth-order valence-corrected chi connectivity index (χ4v) is 4.79. The molecule has 26 heavy (non-hydrogen) atoms. The van der Waals surface area contributed by atoms with Crippen molar-refractivity contribution in [2.45, 2.75) is 16.7 Å². The zero-order valence-corrected chi connectivity index (χ0v) is 15.6. The quantitative estimate of drug-likeness (QED) is 0.198. The zero-order chi connectivity index (χ0) is 18.1. The van der Waals surface area contributed by atoms with Crippen molar-refractivity contribution in [1.29, 1.82) is 0 Å². The molecule has 0 amide bonds. The molecule has 3 nitrogen and oxygen atoms in total. The minimum absolute atomic E-state index is 0.0872. The maximum Gasteiger partial charge on any atom is 0.210 e. The van der Waals surface area contributed by atoms with Crippen LogP contribution in [0, 0.1) is 0 Å². The number of benzene rings is 3. The van der Waals surface area contributed by atoms with E-state index in [-0.39, 0.29) is 11.5 Å². The third-order valence-corrected chi connectivity index (χ3v) is 6.31. The first-order valence-corrected chi connectivity index (χ1v) is 9.71. The van der Waals surface area contributed by atoms with Crippen LogP contribution in [0.4, 0.5) is 0 Å². The highest BCUT2D eigenvalue weighted by molar-refractivity contribution is 7.99. The number of carbonyl (C=O) groups excluding carboxylic acids is 1. The lowest BCUT2D eigenvalue weighted by Gasteiger charge is -2.03. The molecule has 0 saturated heterocycles. The van der Waals surface area contributed by atoms with Crippen molar-refractivity contribution >= 4 is 54.8 Å². The van der Waals surface area contributed by atoms with E-state index >= 15 is 0 Å². The predicted molar refractivity (Wildman–Crippen MR) is 109 cm³/mol. The van der Waals surface area contributed by atoms with Crippen molar-refractivity contribution in [3.05, 3.63) is 72.3 Å². The summed E-state index contributed by atoms with van der Waals surface area (Å²) in [6.07, 6.45) is 0. The number of nitrogens with zero attached hydrogens (tertiary/aromatic N) is 1. The predicted octanol–water partition coefficient (Wildman–Crippen LogP) is 6.24. The Hall–Kier alpha value is -2.63. The summed E-state index contributed by atoms with van der Waals surface area (Å²) in [7, 11) is 0. The van der Waals surface area contributed by atoms with Gasteiger partial charge in [-0.2, -0.15) is 0 Å². The molecule has 0 unspecified atom stereocenters. The van der Waals surface area contributed by atoms with Crippen molar-refractivity contribution in [3.63, 3.8) is 0 Å². The number of carbonyl (C=O) groups is 1. The molecule has 0 bridgehead atoms. The molecule has 4 aromatic rings. The van der Waals surface area contributed by atoms with Gasteiger partial charge >= 0.3 is 0 Å². The monoisotopic (exact) mass is 377 g/mol. The molecule has 128 valence electrons. The van der Waals surface area contributed by atoms with E-state index in [4.69, 9.17) is 5.21 Å². The molecular formula is C21H15NO2S2. The summed E-state index contributed by atoms with van der Waals surface area (Å²) < 4.78 is 2.33. The highest BCUT2D eigenvalue weighted by Gasteiger charge is 2.13. The van der Waals surface area contributed by atoms with Crippen molar-refractivity contribution < 1.29 is 10.0 Å². The van der Waals surface area contributed by atoms with E-state index in [9.17, 15) is 4.79 Å². The van der Waals surface area contributed by atoms with E-state index in [0.717, 1.165) is 20.4 Å². The van der Waals surface area contributed by atoms with Crippen LogP contribution in [0.1, 0.15) is 17.3 Å². The average Bonchev–Trinajstić information content (AvgIpc) is 3.05. The lowest BCUT2D eigenvalue weighted by Crippen LogP contribution is -2.10. The zero-order valence-electron chi connectivity index (χ0n) is 14.0. The number of Topliss-reactive ketones (excluding diaryl/α,β-unsaturated/α-hetero) is 1. The second kappa shape index (κ2) is 6.94. The lowest BCUT2D eigenvalue weighted by atomic mass is 10.0. The number of rotatable bonds is 4. The fourth-order valence-electron chi connectivity index (χ4n) is 2.84. The van der Waals surface area contributed by atoms with Gasteiger partial charge in [0, 0.05) is 35.5 Å². The van der Waals surface area contributed by atoms with Crippen LogP contribution in [0.15, 0.2) is 81.7 Å². The number of ketones is 1. The van der Waals surface area contributed by atoms with Crippen molar-refractivity contribution in [2.24, 2.45) is 5.16 Å². The van der Waals surface area contributed by atoms with E-state index < -0.39 is 0 Å². The first-order chi connectivity index (χ1) is 12.7. The molecule has 0 atom stereocenters. The molecule has 0 saturated carbocycles. The van der Waals surface area contributed by atoms with Gasteiger partial charge in [-0.25, -0.2) is 0 Å². The fraction of sp³-hybridized carbons (Fsp3) is 0.0476. The average molecular weight is 377 g/mol. The summed E-state index contributed by atoms with van der Waals surface area (Å²) in [5.74, 6) is -0.261. The van der Waals surface area contributed by atoms with Crippen LogP contribution in [0.5, 0.6) is 0 Å². The molecular weight excluding hydrogens is 362 g/mol. The van der Waals surface area contributed by atoms with E-state index in [1.807, 2.05) is 30.3 Å². The molecule has 3 aromatic carbocycles. The van der Waals surface area contributed by atoms with Crippen LogP contribution in [0.25, 0.3) is 20.2 Å². The molecule has 0 fully saturated rings. The maximum absolute atomic E-state index is 12.3. The van der Waals surface area contributed by atoms with Crippen molar-refractivity contribution in [3.8, 4) is 0 Å². The van der Waals surface area contributed by atoms with Gasteiger partial charge in [0.15, 0.2) is 0 Å². The molecule has 0 spiro atoms. The topological polar surface area (TPSA) is 49.7 Å². The summed E-state index contributed by atoms with van der Waals surface area (Å²) in [5.41, 5.74) is 0.623. The van der Waals surface area contributed by atoms with Crippen LogP contribution in [0.2, 0.25) is 0 Å².